The number of carboxylic acid groups (broad SMARTS) is 3. The molecule has 1 heterocycles. The van der Waals surface area contributed by atoms with Gasteiger partial charge in [0.05, 0.1) is 6.10 Å². The molecule has 0 radical (unpaired) electrons. The summed E-state index contributed by atoms with van der Waals surface area (Å²) in [6.45, 7) is -0.231. The summed E-state index contributed by atoms with van der Waals surface area (Å²) < 4.78 is 0. The zero-order valence-corrected chi connectivity index (χ0v) is 22.1. The molecule has 2 aromatic carbocycles. The third-order valence-electron chi connectivity index (χ3n) is 7.11. The third-order valence-corrected chi connectivity index (χ3v) is 7.11. The minimum atomic E-state index is -1.93. The van der Waals surface area contributed by atoms with Crippen LogP contribution in [0.5, 0.6) is 0 Å². The number of carbonyl (C=O) groups excluding carboxylic acids is 3. The maximum atomic E-state index is 14.1. The first-order chi connectivity index (χ1) is 19.5. The summed E-state index contributed by atoms with van der Waals surface area (Å²) in [7, 11) is 1.09. The number of carbonyl (C=O) groups is 6. The summed E-state index contributed by atoms with van der Waals surface area (Å²) in [5.41, 5.74) is 0.961. The van der Waals surface area contributed by atoms with Gasteiger partial charge in [0.15, 0.2) is 0 Å². The topological polar surface area (TPSA) is 193 Å². The average molecular weight is 570 g/mol. The van der Waals surface area contributed by atoms with Gasteiger partial charge < -0.3 is 30.2 Å². The van der Waals surface area contributed by atoms with E-state index in [4.69, 9.17) is 0 Å². The number of nitrogens with zero attached hydrogens (tertiary/aromatic N) is 3. The monoisotopic (exact) mass is 569 g/mol. The van der Waals surface area contributed by atoms with Gasteiger partial charge >= 0.3 is 23.9 Å². The first-order valence-corrected chi connectivity index (χ1v) is 12.7. The molecule has 4 amide bonds. The smallest absolute Gasteiger partial charge is 0.328 e. The lowest BCUT2D eigenvalue weighted by Crippen LogP contribution is -2.65. The number of rotatable bonds is 11. The molecule has 5 atom stereocenters. The number of hydrogen-bond donors (Lipinski definition) is 4. The molecule has 0 bridgehead atoms. The van der Waals surface area contributed by atoms with Crippen molar-refractivity contribution in [1.29, 1.82) is 0 Å². The first kappa shape index (κ1) is 30.8. The SMILES string of the molecule is CN(C(=O)N(C(=O)C1C(C(=O)O)C(O)CCN1C=O)C(Cc1ccccc1)C(=O)O)C(Cc1ccccc1)C(=O)O. The Balaban J connectivity index is 2.11. The Kier molecular flexibility index (Phi) is 10.1. The Morgan fingerprint density at radius 1 is 0.878 bits per heavy atom. The van der Waals surface area contributed by atoms with Crippen LogP contribution in [0.1, 0.15) is 17.5 Å². The summed E-state index contributed by atoms with van der Waals surface area (Å²) in [5.74, 6) is -7.93. The van der Waals surface area contributed by atoms with Gasteiger partial charge in [-0.25, -0.2) is 19.3 Å². The Bertz CT molecular complexity index is 1270. The molecule has 13 nitrogen and oxygen atoms in total. The molecule has 2 aromatic rings. The lowest BCUT2D eigenvalue weighted by Gasteiger charge is -2.42. The van der Waals surface area contributed by atoms with Crippen LogP contribution >= 0.6 is 0 Å². The van der Waals surface area contributed by atoms with Crippen molar-refractivity contribution < 1.29 is 49.2 Å². The second-order valence-electron chi connectivity index (χ2n) is 9.70. The van der Waals surface area contributed by atoms with Gasteiger partial charge in [0.1, 0.15) is 24.0 Å². The molecule has 0 aliphatic carbocycles. The van der Waals surface area contributed by atoms with Crippen LogP contribution in [0.25, 0.3) is 0 Å². The van der Waals surface area contributed by atoms with E-state index in [9.17, 15) is 49.2 Å². The Hall–Kier alpha value is -4.78. The highest BCUT2D eigenvalue weighted by Crippen LogP contribution is 2.28. The van der Waals surface area contributed by atoms with Crippen molar-refractivity contribution >= 4 is 36.3 Å². The quantitative estimate of drug-likeness (QED) is 0.278. The van der Waals surface area contributed by atoms with E-state index in [1.807, 2.05) is 0 Å². The van der Waals surface area contributed by atoms with Crippen LogP contribution in [0.4, 0.5) is 4.79 Å². The molecule has 41 heavy (non-hydrogen) atoms. The predicted octanol–water partition coefficient (Wildman–Crippen LogP) is 0.551. The van der Waals surface area contributed by atoms with Crippen LogP contribution in [0.3, 0.4) is 0 Å². The van der Waals surface area contributed by atoms with Crippen LogP contribution in [-0.2, 0) is 36.8 Å². The van der Waals surface area contributed by atoms with E-state index in [0.717, 1.165) is 11.9 Å². The van der Waals surface area contributed by atoms with Gasteiger partial charge in [-0.3, -0.25) is 14.4 Å². The molecule has 0 saturated carbocycles. The highest BCUT2D eigenvalue weighted by atomic mass is 16.4. The molecule has 1 aliphatic heterocycles. The van der Waals surface area contributed by atoms with Gasteiger partial charge in [0, 0.05) is 26.4 Å². The minimum Gasteiger partial charge on any atom is -0.481 e. The maximum absolute atomic E-state index is 14.1. The molecule has 1 saturated heterocycles. The molecule has 1 fully saturated rings. The van der Waals surface area contributed by atoms with E-state index < -0.39 is 66.4 Å². The molecule has 5 unspecified atom stereocenters. The number of aliphatic hydroxyl groups excluding tert-OH is 1. The van der Waals surface area contributed by atoms with Crippen molar-refractivity contribution in [2.24, 2.45) is 5.92 Å². The highest BCUT2D eigenvalue weighted by Gasteiger charge is 2.51. The number of likely N-dealkylation sites (N-methyl/N-ethyl adjacent to an activating group) is 1. The zero-order valence-electron chi connectivity index (χ0n) is 22.1. The maximum Gasteiger partial charge on any atom is 0.328 e. The molecular formula is C28H31N3O10. The van der Waals surface area contributed by atoms with Gasteiger partial charge in [0.25, 0.3) is 5.91 Å². The fraction of sp³-hybridized carbons (Fsp3) is 0.357. The average Bonchev–Trinajstić information content (AvgIpc) is 2.95. The molecule has 3 rings (SSSR count). The number of carboxylic acids is 3. The lowest BCUT2D eigenvalue weighted by atomic mass is 9.85. The summed E-state index contributed by atoms with van der Waals surface area (Å²) in [4.78, 5) is 78.6. The molecule has 218 valence electrons. The molecular weight excluding hydrogens is 538 g/mol. The zero-order chi connectivity index (χ0) is 30.3. The number of piperidine rings is 1. The number of aliphatic hydroxyl groups is 1. The summed E-state index contributed by atoms with van der Waals surface area (Å²) >= 11 is 0. The summed E-state index contributed by atoms with van der Waals surface area (Å²) in [5, 5.41) is 40.4. The van der Waals surface area contributed by atoms with Crippen molar-refractivity contribution in [3.63, 3.8) is 0 Å². The van der Waals surface area contributed by atoms with Crippen LogP contribution in [-0.4, -0.2) is 109 Å². The molecule has 13 heteroatoms. The first-order valence-electron chi connectivity index (χ1n) is 12.7. The molecule has 1 aliphatic rings. The summed E-state index contributed by atoms with van der Waals surface area (Å²) in [6, 6.07) is 9.63. The van der Waals surface area contributed by atoms with Crippen molar-refractivity contribution in [3.05, 3.63) is 71.8 Å². The van der Waals surface area contributed by atoms with Gasteiger partial charge in [-0.05, 0) is 17.5 Å². The molecule has 0 spiro atoms. The predicted molar refractivity (Wildman–Crippen MR) is 141 cm³/mol. The van der Waals surface area contributed by atoms with Gasteiger partial charge in [-0.2, -0.15) is 0 Å². The Morgan fingerprint density at radius 2 is 1.37 bits per heavy atom. The second-order valence-corrected chi connectivity index (χ2v) is 9.70. The van der Waals surface area contributed by atoms with E-state index in [1.54, 1.807) is 60.7 Å². The van der Waals surface area contributed by atoms with Crippen LogP contribution in [0, 0.1) is 5.92 Å². The minimum absolute atomic E-state index is 0.169. The van der Waals surface area contributed by atoms with E-state index in [1.165, 1.54) is 0 Å². The van der Waals surface area contributed by atoms with E-state index in [-0.39, 0.29) is 25.8 Å². The van der Waals surface area contributed by atoms with E-state index in [2.05, 4.69) is 0 Å². The Morgan fingerprint density at radius 3 is 1.80 bits per heavy atom. The highest BCUT2D eigenvalue weighted by molar-refractivity contribution is 6.03. The number of aliphatic carboxylic acids is 3. The Labute approximate surface area is 235 Å². The number of hydrogen-bond acceptors (Lipinski definition) is 7. The van der Waals surface area contributed by atoms with Crippen molar-refractivity contribution in [3.8, 4) is 0 Å². The fourth-order valence-electron chi connectivity index (χ4n) is 4.91. The number of amides is 4. The lowest BCUT2D eigenvalue weighted by molar-refractivity contribution is -0.164. The van der Waals surface area contributed by atoms with E-state index in [0.29, 0.717) is 20.9 Å². The van der Waals surface area contributed by atoms with Crippen molar-refractivity contribution in [2.45, 2.75) is 43.5 Å². The number of benzene rings is 2. The van der Waals surface area contributed by atoms with Crippen molar-refractivity contribution in [1.82, 2.24) is 14.7 Å². The van der Waals surface area contributed by atoms with Crippen molar-refractivity contribution in [2.75, 3.05) is 13.6 Å². The number of urea groups is 1. The van der Waals surface area contributed by atoms with Crippen LogP contribution in [0.2, 0.25) is 0 Å². The van der Waals surface area contributed by atoms with Crippen LogP contribution < -0.4 is 0 Å². The van der Waals surface area contributed by atoms with Gasteiger partial charge in [-0.15, -0.1) is 0 Å². The second kappa shape index (κ2) is 13.5. The number of likely N-dealkylation sites (tertiary alicyclic amines) is 1. The van der Waals surface area contributed by atoms with Gasteiger partial charge in [-0.1, -0.05) is 60.7 Å². The fourth-order valence-corrected chi connectivity index (χ4v) is 4.91. The molecule has 0 aromatic heterocycles. The number of imide groups is 1. The standard InChI is InChI=1S/C28H31N3O10/c1-29(19(25(35)36)14-17-8-4-2-5-9-17)28(41)31(20(26(37)38)15-18-10-6-3-7-11-18)24(34)23-22(27(39)40)21(33)12-13-30(23)16-32/h2-11,16,19-23,33H,12-15H2,1H3,(H,35,36)(H,37,38)(H,39,40). The molecule has 4 N–H and O–H groups in total. The largest absolute Gasteiger partial charge is 0.481 e. The summed E-state index contributed by atoms with van der Waals surface area (Å²) in [6.07, 6.45) is -2.13. The van der Waals surface area contributed by atoms with Gasteiger partial charge in [0.2, 0.25) is 6.41 Å². The van der Waals surface area contributed by atoms with Crippen LogP contribution in [0.15, 0.2) is 60.7 Å². The normalized spacial score (nSPS) is 19.9. The van der Waals surface area contributed by atoms with E-state index >= 15 is 0 Å². The third kappa shape index (κ3) is 7.06.